The molecule has 30 heterocycles. The van der Waals surface area contributed by atoms with Crippen molar-refractivity contribution in [3.63, 3.8) is 0 Å². The molecule has 0 spiro atoms. The fraction of sp³-hybridized carbons (Fsp3) is 0.889. The summed E-state index contributed by atoms with van der Waals surface area (Å²) in [6, 6.07) is 0. The summed E-state index contributed by atoms with van der Waals surface area (Å²) in [6.45, 7) is 0. The molecular weight excluding hydrogens is 1890 g/mol. The van der Waals surface area contributed by atoms with Gasteiger partial charge in [-0.2, -0.15) is 94.1 Å². The molecule has 0 aromatic carbocycles. The van der Waals surface area contributed by atoms with Gasteiger partial charge in [0.15, 0.2) is 50.3 Å². The van der Waals surface area contributed by atoms with Crippen molar-refractivity contribution in [2.24, 2.45) is 0 Å². The van der Waals surface area contributed by atoms with Crippen molar-refractivity contribution in [3.05, 3.63) is 0 Å². The van der Waals surface area contributed by atoms with Crippen LogP contribution in [0.15, 0.2) is 0 Å². The standard InChI is InChI=1S/C72H112O48S8/c73-33(74)1-9-121-17-25-57-41(89)49(97)65(105-25)114-58-26(18-122-10-2-34(75)76)107-67(51(99)43(58)91)116-60-28(20-124-12-4-36(79)80)109-69(53(101)45(60)93)118-62-30(22-126-14-6-38(83)84)111-71(55(103)47(62)95)120-64-32(24-128-16-8-40(87)88)112-72(56(104)48(64)96)119-63-31(23-127-15-7-39(85)86)110-70(54(102)46(63)94)117-61-29(21-125-13-5-37(81)82)108-68(52(100)44(61)92)115-59-27(19-123-11-3-35(77)78)106-66(113-57)50(98)42(59)90/h25-32,41-72,89-104H,1-24H2,(H,73,74)(H,75,76)(H,77,78)(H,79,80)(H,81,82)(H,83,84)(H,85,86)(H,87,88)/p-2/t25-,26-,27-,28-,29-,30-,31-,32-,41-,42-,43-,44-,45-,46-,47-,48-,49-,50-,51-,52-,53-,54-,55-,56-,57-,58-,59-,60-,61-,62-,63-,64-,65?,66?,67?,68?,69?,70?,71?,72?/m0/s1. The van der Waals surface area contributed by atoms with Crippen LogP contribution >= 0.6 is 94.1 Å². The van der Waals surface area contributed by atoms with Crippen LogP contribution in [0.1, 0.15) is 51.4 Å². The number of carboxylic acids is 8. The van der Waals surface area contributed by atoms with E-state index in [-0.39, 0.29) is 69.0 Å². The molecule has 30 aliphatic rings. The molecule has 30 saturated heterocycles. The number of ether oxygens (including phenoxy) is 16. The van der Waals surface area contributed by atoms with E-state index in [1.165, 1.54) is 0 Å². The highest BCUT2D eigenvalue weighted by Gasteiger charge is 2.61. The summed E-state index contributed by atoms with van der Waals surface area (Å²) in [5, 5.41) is 276. The average Bonchev–Trinajstić information content (AvgIpc) is 0.766. The summed E-state index contributed by atoms with van der Waals surface area (Å²) in [6.07, 6.45) is -86.6. The summed E-state index contributed by atoms with van der Waals surface area (Å²) in [5.74, 6) is -15.2. The smallest absolute Gasteiger partial charge is 0.304 e. The summed E-state index contributed by atoms with van der Waals surface area (Å²) in [5.41, 5.74) is 0. The van der Waals surface area contributed by atoms with Crippen LogP contribution in [0.4, 0.5) is 0 Å². The molecule has 22 N–H and O–H groups in total. The molecule has 0 aliphatic carbocycles. The van der Waals surface area contributed by atoms with Gasteiger partial charge < -0.3 is 208 Å². The minimum Gasteiger partial charge on any atom is -0.550 e. The Kier molecular flexibility index (Phi) is 44.9. The molecule has 0 aromatic heterocycles. The van der Waals surface area contributed by atoms with Gasteiger partial charge in [0.25, 0.3) is 0 Å². The highest BCUT2D eigenvalue weighted by atomic mass is 32.2. The first-order chi connectivity index (χ1) is 60.7. The predicted octanol–water partition coefficient (Wildman–Crippen LogP) is -10.4. The second kappa shape index (κ2) is 52.7. The number of thioether (sulfide) groups is 8. The lowest BCUT2D eigenvalue weighted by Crippen LogP contribution is -2.69. The van der Waals surface area contributed by atoms with Gasteiger partial charge >= 0.3 is 35.8 Å². The third-order valence-corrected chi connectivity index (χ3v) is 29.8. The van der Waals surface area contributed by atoms with E-state index in [1.54, 1.807) is 0 Å². The zero-order valence-electron chi connectivity index (χ0n) is 67.8. The summed E-state index contributed by atoms with van der Waals surface area (Å²) < 4.78 is 100. The molecule has 0 aromatic rings. The van der Waals surface area contributed by atoms with Gasteiger partial charge in [0.2, 0.25) is 0 Å². The van der Waals surface area contributed by atoms with Crippen LogP contribution in [0.25, 0.3) is 0 Å². The maximum atomic E-state index is 12.3. The molecule has 48 nitrogen and oxygen atoms in total. The van der Waals surface area contributed by atoms with Gasteiger partial charge in [-0.3, -0.25) is 28.8 Å². The first-order valence-corrected chi connectivity index (χ1v) is 49.7. The Bertz CT molecular complexity index is 2830. The van der Waals surface area contributed by atoms with Crippen molar-refractivity contribution >= 4 is 142 Å². The lowest BCUT2D eigenvalue weighted by Gasteiger charge is -2.51. The van der Waals surface area contributed by atoms with Crippen molar-refractivity contribution in [3.8, 4) is 0 Å². The molecule has 40 atom stereocenters. The van der Waals surface area contributed by atoms with E-state index in [0.717, 1.165) is 94.1 Å². The second-order valence-electron chi connectivity index (χ2n) is 30.7. The second-order valence-corrected chi connectivity index (χ2v) is 39.9. The molecule has 30 fully saturated rings. The predicted molar refractivity (Wildman–Crippen MR) is 436 cm³/mol. The maximum absolute atomic E-state index is 12.3. The number of carboxylic acid groups (broad SMARTS) is 8. The van der Waals surface area contributed by atoms with E-state index in [0.29, 0.717) is 0 Å². The van der Waals surface area contributed by atoms with Gasteiger partial charge in [0, 0.05) is 92.5 Å². The molecule has 30 rings (SSSR count). The fourth-order valence-electron chi connectivity index (χ4n) is 14.7. The van der Waals surface area contributed by atoms with E-state index < -0.39 is 368 Å². The van der Waals surface area contributed by atoms with Crippen molar-refractivity contribution < 1.29 is 237 Å². The van der Waals surface area contributed by atoms with E-state index in [1.807, 2.05) is 0 Å². The van der Waals surface area contributed by atoms with E-state index in [2.05, 4.69) is 0 Å². The highest BCUT2D eigenvalue weighted by Crippen LogP contribution is 2.43. The number of carbonyl (C=O) groups excluding carboxylic acids is 2. The lowest BCUT2D eigenvalue weighted by molar-refractivity contribution is -0.396. The fourth-order valence-corrected chi connectivity index (χ4v) is 22.5. The lowest BCUT2D eigenvalue weighted by atomic mass is 9.95. The molecular formula is C72H110O48S8-2. The number of aliphatic hydroxyl groups is 16. The quantitative estimate of drug-likeness (QED) is 0.0253. The first-order valence-electron chi connectivity index (χ1n) is 40.4. The van der Waals surface area contributed by atoms with Crippen molar-refractivity contribution in [1.82, 2.24) is 0 Å². The van der Waals surface area contributed by atoms with E-state index >= 15 is 0 Å². The van der Waals surface area contributed by atoms with Gasteiger partial charge in [-0.05, 0) is 24.3 Å². The van der Waals surface area contributed by atoms with Gasteiger partial charge in [-0.15, -0.1) is 0 Å². The maximum Gasteiger partial charge on any atom is 0.304 e. The summed E-state index contributed by atoms with van der Waals surface area (Å²) in [4.78, 5) is 94.1. The minimum atomic E-state index is -2.34. The van der Waals surface area contributed by atoms with Crippen LogP contribution in [-0.4, -0.2) is 498 Å². The number of aliphatic carboxylic acids is 8. The van der Waals surface area contributed by atoms with Gasteiger partial charge in [0.1, 0.15) is 146 Å². The van der Waals surface area contributed by atoms with Crippen LogP contribution in [-0.2, 0) is 114 Å². The Morgan fingerprint density at radius 2 is 0.289 bits per heavy atom. The minimum absolute atomic E-state index is 0.162. The van der Waals surface area contributed by atoms with E-state index in [9.17, 15) is 161 Å². The molecule has 0 radical (unpaired) electrons. The Hall–Kier alpha value is -2.72. The average molecular weight is 2000 g/mol. The first kappa shape index (κ1) is 109. The van der Waals surface area contributed by atoms with Gasteiger partial charge in [-0.1, -0.05) is 0 Å². The molecule has 8 unspecified atom stereocenters. The number of hydrogen-bond acceptors (Lipinski definition) is 50. The van der Waals surface area contributed by atoms with Crippen LogP contribution in [0.3, 0.4) is 0 Å². The van der Waals surface area contributed by atoms with Crippen molar-refractivity contribution in [2.75, 3.05) is 92.0 Å². The summed E-state index contributed by atoms with van der Waals surface area (Å²) in [7, 11) is 0. The van der Waals surface area contributed by atoms with Gasteiger partial charge in [-0.25, -0.2) is 0 Å². The molecule has 736 valence electrons. The van der Waals surface area contributed by atoms with Crippen LogP contribution in [0.5, 0.6) is 0 Å². The number of rotatable bonds is 40. The van der Waals surface area contributed by atoms with Crippen molar-refractivity contribution in [2.45, 2.75) is 297 Å². The largest absolute Gasteiger partial charge is 0.550 e. The molecule has 30 aliphatic heterocycles. The zero-order valence-corrected chi connectivity index (χ0v) is 74.3. The van der Waals surface area contributed by atoms with Gasteiger partial charge in [0.05, 0.1) is 87.4 Å². The highest BCUT2D eigenvalue weighted by molar-refractivity contribution is 8.00. The Labute approximate surface area is 763 Å². The normalized spacial score (nSPS) is 41.5. The Balaban J connectivity index is 1.12. The third kappa shape index (κ3) is 30.6. The number of hydrogen-bond donors (Lipinski definition) is 22. The van der Waals surface area contributed by atoms with E-state index in [4.69, 9.17) is 75.8 Å². The molecule has 0 saturated carbocycles. The third-order valence-electron chi connectivity index (χ3n) is 21.4. The van der Waals surface area contributed by atoms with Crippen molar-refractivity contribution in [1.29, 1.82) is 0 Å². The van der Waals surface area contributed by atoms with Crippen LogP contribution < -0.4 is 10.2 Å². The molecule has 128 heavy (non-hydrogen) atoms. The molecule has 16 bridgehead atoms. The number of carbonyl (C=O) groups is 8. The zero-order chi connectivity index (χ0) is 93.7. The molecule has 56 heteroatoms. The number of aliphatic hydroxyl groups excluding tert-OH is 16. The monoisotopic (exact) mass is 2000 g/mol. The molecule has 0 amide bonds. The summed E-state index contributed by atoms with van der Waals surface area (Å²) >= 11 is 6.91. The Morgan fingerprint density at radius 1 is 0.180 bits per heavy atom. The topological polar surface area (TPSA) is 775 Å². The Morgan fingerprint density at radius 3 is 0.391 bits per heavy atom. The SMILES string of the molecule is O=C([O-])CCSC[C@@H]1OC2O[C@@H]3[C@@H](O)[C@H](O)C(O[C@@H]4[C@@H](O)[C@H](O)C(O[C@@H]5[C@@H](O)[C@H](O)C(O[C@@H]6[C@@H](O)[C@H](O)C(O[C@@H]7[C@@H](O)[C@H](O)C(O[C@@H]8[C@@H](O)[C@H](O)C(O[C@@H]9[C@@H](O)[C@H](O)C(O[C@@H]1[C@@H](O)[C@@H]2O)O[C@H]9CSCCC(=O)[O-])O[C@H]8CSCCC(=O)O)O[C@H]7CSCCC(=O)O)O[C@H]6CSCCC(=O)O)O[C@H]5CSCCC(=O)O)O[C@H]4CSCCC(=O)O)O[C@H]3CSCCC(=O)O. The van der Waals surface area contributed by atoms with Crippen LogP contribution in [0.2, 0.25) is 0 Å². The van der Waals surface area contributed by atoms with Crippen LogP contribution in [0, 0.1) is 0 Å².